The van der Waals surface area contributed by atoms with Gasteiger partial charge < -0.3 is 4.74 Å². The van der Waals surface area contributed by atoms with Crippen molar-refractivity contribution < 1.29 is 18.3 Å². The summed E-state index contributed by atoms with van der Waals surface area (Å²) in [5, 5.41) is 9.14. The number of carbonyl (C=O) groups excluding carboxylic acids is 1. The van der Waals surface area contributed by atoms with Gasteiger partial charge in [-0.2, -0.15) is 5.26 Å². The predicted octanol–water partition coefficient (Wildman–Crippen LogP) is 3.10. The highest BCUT2D eigenvalue weighted by Crippen LogP contribution is 2.39. The second-order valence-corrected chi connectivity index (χ2v) is 5.15. The van der Waals surface area contributed by atoms with Crippen molar-refractivity contribution >= 4 is 5.78 Å². The Balaban J connectivity index is 2.19. The van der Waals surface area contributed by atoms with Crippen LogP contribution in [0.25, 0.3) is 0 Å². The van der Waals surface area contributed by atoms with Gasteiger partial charge in [0.25, 0.3) is 0 Å². The standard InChI is InChI=1S/C15H15F2NO2/c1-20-15(3-2-4-15)8-14(19)13(9-18)10-5-11(16)7-12(17)6-10/h5-7,13H,2-4,8H2,1H3. The Morgan fingerprint density at radius 2 is 2.00 bits per heavy atom. The molecular weight excluding hydrogens is 264 g/mol. The first-order chi connectivity index (χ1) is 9.49. The Morgan fingerprint density at radius 3 is 2.40 bits per heavy atom. The molecule has 3 nitrogen and oxygen atoms in total. The molecule has 1 saturated carbocycles. The van der Waals surface area contributed by atoms with Crippen molar-refractivity contribution in [3.05, 3.63) is 35.4 Å². The van der Waals surface area contributed by atoms with Crippen LogP contribution in [0.4, 0.5) is 8.78 Å². The lowest BCUT2D eigenvalue weighted by atomic mass is 9.74. The predicted molar refractivity (Wildman–Crippen MR) is 67.9 cm³/mol. The molecule has 1 aliphatic carbocycles. The fraction of sp³-hybridized carbons (Fsp3) is 0.467. The number of hydrogen-bond acceptors (Lipinski definition) is 3. The fourth-order valence-corrected chi connectivity index (χ4v) is 2.52. The van der Waals surface area contributed by atoms with Gasteiger partial charge in [-0.05, 0) is 37.0 Å². The minimum absolute atomic E-state index is 0.0561. The van der Waals surface area contributed by atoms with Crippen LogP contribution >= 0.6 is 0 Å². The third-order valence-corrected chi connectivity index (χ3v) is 3.86. The van der Waals surface area contributed by atoms with Crippen molar-refractivity contribution in [2.45, 2.75) is 37.2 Å². The molecule has 0 N–H and O–H groups in total. The van der Waals surface area contributed by atoms with Gasteiger partial charge in [0, 0.05) is 19.6 Å². The van der Waals surface area contributed by atoms with E-state index >= 15 is 0 Å². The molecule has 0 bridgehead atoms. The van der Waals surface area contributed by atoms with Gasteiger partial charge in [-0.25, -0.2) is 8.78 Å². The number of rotatable bonds is 5. The van der Waals surface area contributed by atoms with E-state index in [1.807, 2.05) is 6.07 Å². The van der Waals surface area contributed by atoms with Crippen LogP contribution in [0.2, 0.25) is 0 Å². The summed E-state index contributed by atoms with van der Waals surface area (Å²) in [4.78, 5) is 12.2. The lowest BCUT2D eigenvalue weighted by molar-refractivity contribution is -0.132. The highest BCUT2D eigenvalue weighted by molar-refractivity contribution is 5.89. The first-order valence-electron chi connectivity index (χ1n) is 6.43. The number of carbonyl (C=O) groups is 1. The lowest BCUT2D eigenvalue weighted by Crippen LogP contribution is -2.42. The molecule has 0 amide bonds. The van der Waals surface area contributed by atoms with Gasteiger partial charge in [-0.3, -0.25) is 4.79 Å². The van der Waals surface area contributed by atoms with E-state index < -0.39 is 23.2 Å². The maximum Gasteiger partial charge on any atom is 0.157 e. The number of benzene rings is 1. The van der Waals surface area contributed by atoms with Gasteiger partial charge in [0.1, 0.15) is 17.6 Å². The Morgan fingerprint density at radius 1 is 1.40 bits per heavy atom. The van der Waals surface area contributed by atoms with Crippen LogP contribution < -0.4 is 0 Å². The topological polar surface area (TPSA) is 50.1 Å². The zero-order chi connectivity index (χ0) is 14.8. The van der Waals surface area contributed by atoms with Crippen LogP contribution in [0.5, 0.6) is 0 Å². The molecule has 20 heavy (non-hydrogen) atoms. The van der Waals surface area contributed by atoms with Crippen LogP contribution in [-0.2, 0) is 9.53 Å². The quantitative estimate of drug-likeness (QED) is 0.832. The van der Waals surface area contributed by atoms with Crippen LogP contribution in [0, 0.1) is 23.0 Å². The maximum atomic E-state index is 13.2. The van der Waals surface area contributed by atoms with E-state index in [0.717, 1.165) is 31.4 Å². The highest BCUT2D eigenvalue weighted by atomic mass is 19.1. The molecule has 0 spiro atoms. The average Bonchev–Trinajstić information content (AvgIpc) is 2.33. The van der Waals surface area contributed by atoms with Crippen molar-refractivity contribution in [3.63, 3.8) is 0 Å². The minimum atomic E-state index is -1.16. The number of methoxy groups -OCH3 is 1. The second kappa shape index (κ2) is 5.68. The van der Waals surface area contributed by atoms with E-state index in [9.17, 15) is 13.6 Å². The fourth-order valence-electron chi connectivity index (χ4n) is 2.52. The number of ether oxygens (including phenoxy) is 1. The first-order valence-corrected chi connectivity index (χ1v) is 6.43. The molecule has 106 valence electrons. The van der Waals surface area contributed by atoms with E-state index in [-0.39, 0.29) is 17.8 Å². The molecule has 2 rings (SSSR count). The number of nitrogens with zero attached hydrogens (tertiary/aromatic N) is 1. The number of halogens is 2. The zero-order valence-electron chi connectivity index (χ0n) is 11.2. The SMILES string of the molecule is COC1(CC(=O)C(C#N)c2cc(F)cc(F)c2)CCC1. The molecule has 1 unspecified atom stereocenters. The largest absolute Gasteiger partial charge is 0.378 e. The van der Waals surface area contributed by atoms with Gasteiger partial charge in [-0.15, -0.1) is 0 Å². The summed E-state index contributed by atoms with van der Waals surface area (Å²) in [6, 6.07) is 4.59. The molecule has 1 fully saturated rings. The molecule has 0 saturated heterocycles. The van der Waals surface area contributed by atoms with Crippen LogP contribution in [0.1, 0.15) is 37.2 Å². The Kier molecular flexibility index (Phi) is 4.15. The zero-order valence-corrected chi connectivity index (χ0v) is 11.2. The minimum Gasteiger partial charge on any atom is -0.378 e. The van der Waals surface area contributed by atoms with Gasteiger partial charge in [0.2, 0.25) is 0 Å². The van der Waals surface area contributed by atoms with Crippen molar-refractivity contribution in [1.29, 1.82) is 5.26 Å². The van der Waals surface area contributed by atoms with Crippen LogP contribution in [-0.4, -0.2) is 18.5 Å². The third-order valence-electron chi connectivity index (χ3n) is 3.86. The summed E-state index contributed by atoms with van der Waals surface area (Å²) in [6.45, 7) is 0. The molecule has 0 radical (unpaired) electrons. The normalized spacial score (nSPS) is 17.9. The smallest absolute Gasteiger partial charge is 0.157 e. The van der Waals surface area contributed by atoms with E-state index in [1.54, 1.807) is 0 Å². The van der Waals surface area contributed by atoms with E-state index in [2.05, 4.69) is 0 Å². The summed E-state index contributed by atoms with van der Waals surface area (Å²) < 4.78 is 31.7. The first kappa shape index (κ1) is 14.6. The Labute approximate surface area is 116 Å². The van der Waals surface area contributed by atoms with E-state index in [4.69, 9.17) is 10.00 Å². The molecule has 1 aliphatic rings. The average molecular weight is 279 g/mol. The monoisotopic (exact) mass is 279 g/mol. The van der Waals surface area contributed by atoms with Crippen molar-refractivity contribution in [1.82, 2.24) is 0 Å². The summed E-state index contributed by atoms with van der Waals surface area (Å²) in [5.41, 5.74) is -0.446. The number of ketones is 1. The van der Waals surface area contributed by atoms with Gasteiger partial charge in [0.15, 0.2) is 5.78 Å². The summed E-state index contributed by atoms with van der Waals surface area (Å²) in [6.07, 6.45) is 2.61. The molecule has 1 aromatic carbocycles. The lowest BCUT2D eigenvalue weighted by Gasteiger charge is -2.40. The summed E-state index contributed by atoms with van der Waals surface area (Å²) in [5.74, 6) is -3.11. The second-order valence-electron chi connectivity index (χ2n) is 5.15. The molecule has 1 atom stereocenters. The highest BCUT2D eigenvalue weighted by Gasteiger charge is 2.40. The number of Topliss-reactive ketones (excluding diaryl/α,β-unsaturated/α-hetero) is 1. The number of hydrogen-bond donors (Lipinski definition) is 0. The van der Waals surface area contributed by atoms with Gasteiger partial charge in [-0.1, -0.05) is 0 Å². The van der Waals surface area contributed by atoms with Crippen LogP contribution in [0.15, 0.2) is 18.2 Å². The Hall–Kier alpha value is -1.80. The van der Waals surface area contributed by atoms with Crippen LogP contribution in [0.3, 0.4) is 0 Å². The van der Waals surface area contributed by atoms with Crippen molar-refractivity contribution in [2.75, 3.05) is 7.11 Å². The summed E-state index contributed by atoms with van der Waals surface area (Å²) >= 11 is 0. The van der Waals surface area contributed by atoms with E-state index in [0.29, 0.717) is 6.07 Å². The van der Waals surface area contributed by atoms with Crippen molar-refractivity contribution in [3.8, 4) is 6.07 Å². The van der Waals surface area contributed by atoms with E-state index in [1.165, 1.54) is 7.11 Å². The van der Waals surface area contributed by atoms with Crippen molar-refractivity contribution in [2.24, 2.45) is 0 Å². The molecule has 0 heterocycles. The van der Waals surface area contributed by atoms with Gasteiger partial charge >= 0.3 is 0 Å². The maximum absolute atomic E-state index is 13.2. The Bertz CT molecular complexity index is 536. The molecular formula is C15H15F2NO2. The molecule has 0 aromatic heterocycles. The molecule has 1 aromatic rings. The number of nitriles is 1. The third kappa shape index (κ3) is 2.86. The molecule has 5 heteroatoms. The summed E-state index contributed by atoms with van der Waals surface area (Å²) in [7, 11) is 1.54. The van der Waals surface area contributed by atoms with Gasteiger partial charge in [0.05, 0.1) is 11.7 Å². The molecule has 0 aliphatic heterocycles.